The number of piperidine rings is 1. The van der Waals surface area contributed by atoms with Crippen LogP contribution in [0.1, 0.15) is 43.4 Å². The number of aliphatic imine (C=N–C) groups is 1. The molecule has 168 valence electrons. The van der Waals surface area contributed by atoms with Gasteiger partial charge in [0.2, 0.25) is 0 Å². The van der Waals surface area contributed by atoms with Crippen LogP contribution in [-0.4, -0.2) is 47.6 Å². The number of nitrogens with zero attached hydrogens (tertiary/aromatic N) is 3. The van der Waals surface area contributed by atoms with Crippen molar-refractivity contribution in [1.29, 1.82) is 0 Å². The van der Waals surface area contributed by atoms with E-state index in [1.165, 1.54) is 6.07 Å². The SMILES string of the molecule is CCN=C(NC1CCN(Cc2ccccn2)CC1)NC1CC1c1c(F)cccc1Cl.I. The molecule has 5 nitrogen and oxygen atoms in total. The van der Waals surface area contributed by atoms with Gasteiger partial charge in [0.25, 0.3) is 0 Å². The normalized spacial score (nSPS) is 22.0. The summed E-state index contributed by atoms with van der Waals surface area (Å²) in [5.41, 5.74) is 1.74. The van der Waals surface area contributed by atoms with Crippen LogP contribution >= 0.6 is 35.6 Å². The second-order valence-corrected chi connectivity index (χ2v) is 8.47. The van der Waals surface area contributed by atoms with Crippen molar-refractivity contribution in [2.75, 3.05) is 19.6 Å². The van der Waals surface area contributed by atoms with E-state index in [0.717, 1.165) is 50.6 Å². The third-order valence-electron chi connectivity index (χ3n) is 5.84. The van der Waals surface area contributed by atoms with Gasteiger partial charge in [0.05, 0.1) is 5.69 Å². The molecule has 0 amide bonds. The van der Waals surface area contributed by atoms with Crippen molar-refractivity contribution >= 4 is 41.5 Å². The van der Waals surface area contributed by atoms with Crippen LogP contribution in [0.5, 0.6) is 0 Å². The van der Waals surface area contributed by atoms with Crippen LogP contribution in [0.25, 0.3) is 0 Å². The zero-order valence-electron chi connectivity index (χ0n) is 17.7. The molecule has 1 aromatic carbocycles. The first-order chi connectivity index (χ1) is 14.6. The van der Waals surface area contributed by atoms with Crippen molar-refractivity contribution in [3.63, 3.8) is 0 Å². The Bertz CT molecular complexity index is 853. The fourth-order valence-corrected chi connectivity index (χ4v) is 4.46. The lowest BCUT2D eigenvalue weighted by Gasteiger charge is -2.33. The minimum atomic E-state index is -0.223. The Hall–Kier alpha value is -1.45. The second kappa shape index (κ2) is 11.4. The molecular formula is C23H30ClFIN5. The van der Waals surface area contributed by atoms with Gasteiger partial charge >= 0.3 is 0 Å². The van der Waals surface area contributed by atoms with Gasteiger partial charge in [0, 0.05) is 61.0 Å². The van der Waals surface area contributed by atoms with Crippen LogP contribution in [-0.2, 0) is 6.54 Å². The Kier molecular flexibility index (Phi) is 8.92. The van der Waals surface area contributed by atoms with Gasteiger partial charge in [-0.25, -0.2) is 4.39 Å². The van der Waals surface area contributed by atoms with E-state index in [0.29, 0.717) is 23.2 Å². The number of hydrogen-bond donors (Lipinski definition) is 2. The number of pyridine rings is 1. The highest BCUT2D eigenvalue weighted by molar-refractivity contribution is 14.0. The van der Waals surface area contributed by atoms with Crippen molar-refractivity contribution in [1.82, 2.24) is 20.5 Å². The van der Waals surface area contributed by atoms with Gasteiger partial charge in [-0.15, -0.1) is 24.0 Å². The fraction of sp³-hybridized carbons (Fsp3) is 0.478. The van der Waals surface area contributed by atoms with Gasteiger partial charge in [0.15, 0.2) is 5.96 Å². The Morgan fingerprint density at radius 3 is 2.68 bits per heavy atom. The molecule has 2 N–H and O–H groups in total. The lowest BCUT2D eigenvalue weighted by atomic mass is 10.0. The molecule has 0 spiro atoms. The standard InChI is InChI=1S/C23H29ClFN5.HI/c1-2-26-23(29-21-14-18(21)22-19(24)7-5-8-20(22)25)28-16-9-12-30(13-10-16)15-17-6-3-4-11-27-17;/h3-8,11,16,18,21H,2,9-10,12-15H2,1H3,(H2,26,28,29);1H. The van der Waals surface area contributed by atoms with Crippen molar-refractivity contribution in [2.24, 2.45) is 4.99 Å². The second-order valence-electron chi connectivity index (χ2n) is 8.07. The molecule has 2 aromatic rings. The van der Waals surface area contributed by atoms with Crippen LogP contribution in [0.4, 0.5) is 4.39 Å². The first-order valence-corrected chi connectivity index (χ1v) is 11.2. The topological polar surface area (TPSA) is 52.6 Å². The first-order valence-electron chi connectivity index (χ1n) is 10.8. The first kappa shape index (κ1) is 24.2. The maximum absolute atomic E-state index is 14.2. The third kappa shape index (κ3) is 6.52. The average molecular weight is 558 g/mol. The molecule has 1 aromatic heterocycles. The molecule has 2 aliphatic rings. The van der Waals surface area contributed by atoms with Gasteiger partial charge in [-0.2, -0.15) is 0 Å². The van der Waals surface area contributed by atoms with Crippen LogP contribution in [0.2, 0.25) is 5.02 Å². The number of guanidine groups is 1. The summed E-state index contributed by atoms with van der Waals surface area (Å²) in [5.74, 6) is 0.697. The number of benzene rings is 1. The Morgan fingerprint density at radius 2 is 2.00 bits per heavy atom. The molecule has 2 fully saturated rings. The zero-order chi connectivity index (χ0) is 20.9. The molecule has 0 bridgehead atoms. The van der Waals surface area contributed by atoms with E-state index in [4.69, 9.17) is 11.6 Å². The molecule has 8 heteroatoms. The Morgan fingerprint density at radius 1 is 1.19 bits per heavy atom. The smallest absolute Gasteiger partial charge is 0.191 e. The largest absolute Gasteiger partial charge is 0.354 e. The highest BCUT2D eigenvalue weighted by atomic mass is 127. The van der Waals surface area contributed by atoms with Crippen LogP contribution in [0.3, 0.4) is 0 Å². The molecule has 0 radical (unpaired) electrons. The molecule has 1 saturated carbocycles. The summed E-state index contributed by atoms with van der Waals surface area (Å²) in [4.78, 5) is 11.5. The third-order valence-corrected chi connectivity index (χ3v) is 6.17. The highest BCUT2D eigenvalue weighted by Crippen LogP contribution is 2.44. The lowest BCUT2D eigenvalue weighted by Crippen LogP contribution is -2.49. The number of aromatic nitrogens is 1. The summed E-state index contributed by atoms with van der Waals surface area (Å²) in [6.45, 7) is 5.69. The summed E-state index contributed by atoms with van der Waals surface area (Å²) >= 11 is 6.23. The predicted octanol–water partition coefficient (Wildman–Crippen LogP) is 4.57. The minimum Gasteiger partial charge on any atom is -0.354 e. The summed E-state index contributed by atoms with van der Waals surface area (Å²) in [7, 11) is 0. The molecule has 1 aliphatic carbocycles. The van der Waals surface area contributed by atoms with Crippen molar-refractivity contribution in [3.05, 3.63) is 64.7 Å². The number of halogens is 3. The van der Waals surface area contributed by atoms with Crippen molar-refractivity contribution in [2.45, 2.75) is 50.7 Å². The monoisotopic (exact) mass is 557 g/mol. The molecule has 1 aliphatic heterocycles. The van der Waals surface area contributed by atoms with E-state index >= 15 is 0 Å². The summed E-state index contributed by atoms with van der Waals surface area (Å²) < 4.78 is 14.2. The Labute approximate surface area is 205 Å². The van der Waals surface area contributed by atoms with E-state index in [1.54, 1.807) is 12.1 Å². The maximum Gasteiger partial charge on any atom is 0.191 e. The molecule has 2 atom stereocenters. The number of nitrogens with one attached hydrogen (secondary N) is 2. The average Bonchev–Trinajstić information content (AvgIpc) is 3.49. The van der Waals surface area contributed by atoms with Gasteiger partial charge in [-0.1, -0.05) is 23.7 Å². The van der Waals surface area contributed by atoms with E-state index in [9.17, 15) is 4.39 Å². The lowest BCUT2D eigenvalue weighted by molar-refractivity contribution is 0.196. The van der Waals surface area contributed by atoms with Crippen LogP contribution in [0, 0.1) is 5.82 Å². The summed E-state index contributed by atoms with van der Waals surface area (Å²) in [6.07, 6.45) is 4.84. The van der Waals surface area contributed by atoms with Gasteiger partial charge in [-0.3, -0.25) is 14.9 Å². The minimum absolute atomic E-state index is 0. The Balaban J connectivity index is 0.00000272. The zero-order valence-corrected chi connectivity index (χ0v) is 20.8. The van der Waals surface area contributed by atoms with Gasteiger partial charge < -0.3 is 10.6 Å². The summed E-state index contributed by atoms with van der Waals surface area (Å²) in [5, 5.41) is 7.57. The molecule has 31 heavy (non-hydrogen) atoms. The number of likely N-dealkylation sites (tertiary alicyclic amines) is 1. The maximum atomic E-state index is 14.2. The van der Waals surface area contributed by atoms with E-state index in [1.807, 2.05) is 25.3 Å². The molecule has 2 heterocycles. The fourth-order valence-electron chi connectivity index (χ4n) is 4.15. The molecule has 1 saturated heterocycles. The highest BCUT2D eigenvalue weighted by Gasteiger charge is 2.42. The van der Waals surface area contributed by atoms with Gasteiger partial charge in [0.1, 0.15) is 5.82 Å². The summed E-state index contributed by atoms with van der Waals surface area (Å²) in [6, 6.07) is 11.5. The van der Waals surface area contributed by atoms with Crippen LogP contribution < -0.4 is 10.6 Å². The van der Waals surface area contributed by atoms with Crippen LogP contribution in [0.15, 0.2) is 47.6 Å². The van der Waals surface area contributed by atoms with Crippen molar-refractivity contribution < 1.29 is 4.39 Å². The quantitative estimate of drug-likeness (QED) is 0.311. The van der Waals surface area contributed by atoms with E-state index in [2.05, 4.69) is 31.6 Å². The molecule has 2 unspecified atom stereocenters. The van der Waals surface area contributed by atoms with Crippen molar-refractivity contribution in [3.8, 4) is 0 Å². The van der Waals surface area contributed by atoms with Gasteiger partial charge in [-0.05, 0) is 50.5 Å². The number of rotatable bonds is 6. The van der Waals surface area contributed by atoms with E-state index < -0.39 is 0 Å². The molecular weight excluding hydrogens is 528 g/mol. The number of hydrogen-bond acceptors (Lipinski definition) is 3. The van der Waals surface area contributed by atoms with E-state index in [-0.39, 0.29) is 41.8 Å². The predicted molar refractivity (Wildman–Crippen MR) is 135 cm³/mol. The molecule has 4 rings (SSSR count).